The summed E-state index contributed by atoms with van der Waals surface area (Å²) < 4.78 is 31.8. The predicted octanol–water partition coefficient (Wildman–Crippen LogP) is 4.65. The van der Waals surface area contributed by atoms with Crippen molar-refractivity contribution in [1.29, 1.82) is 0 Å². The molecule has 1 aromatic rings. The molecule has 2 saturated carbocycles. The quantitative estimate of drug-likeness (QED) is 0.444. The number of halogens is 1. The summed E-state index contributed by atoms with van der Waals surface area (Å²) in [7, 11) is 0. The second-order valence-corrected chi connectivity index (χ2v) is 8.93. The number of carbonyl (C=O) groups is 2. The number of hydrogen-bond donors (Lipinski definition) is 0. The summed E-state index contributed by atoms with van der Waals surface area (Å²) >= 11 is 0. The molecule has 0 amide bonds. The summed E-state index contributed by atoms with van der Waals surface area (Å²) in [6.45, 7) is 3.15. The third-order valence-corrected chi connectivity index (χ3v) is 6.87. The minimum Gasteiger partial charge on any atom is -0.458 e. The second-order valence-electron chi connectivity index (χ2n) is 8.93. The van der Waals surface area contributed by atoms with Gasteiger partial charge >= 0.3 is 5.97 Å². The van der Waals surface area contributed by atoms with Crippen LogP contribution in [-0.4, -0.2) is 43.0 Å². The number of ketones is 1. The Labute approximate surface area is 182 Å². The summed E-state index contributed by atoms with van der Waals surface area (Å²) in [5.74, 6) is -1.14. The van der Waals surface area contributed by atoms with Gasteiger partial charge in [-0.05, 0) is 42.9 Å². The Balaban J connectivity index is 1.48. The molecule has 5 atom stereocenters. The highest BCUT2D eigenvalue weighted by Crippen LogP contribution is 2.55. The summed E-state index contributed by atoms with van der Waals surface area (Å²) in [5.41, 5.74) is 0.501. The van der Waals surface area contributed by atoms with Crippen molar-refractivity contribution in [2.75, 3.05) is 13.2 Å². The van der Waals surface area contributed by atoms with E-state index in [4.69, 9.17) is 14.2 Å². The van der Waals surface area contributed by atoms with Crippen LogP contribution in [0.4, 0.5) is 4.39 Å². The highest BCUT2D eigenvalue weighted by molar-refractivity contribution is 5.93. The van der Waals surface area contributed by atoms with E-state index in [9.17, 15) is 14.0 Å². The van der Waals surface area contributed by atoms with Crippen molar-refractivity contribution in [1.82, 2.24) is 0 Å². The molecule has 6 heteroatoms. The molecule has 1 saturated heterocycles. The number of benzene rings is 1. The normalized spacial score (nSPS) is 30.0. The molecule has 3 aliphatic rings. The molecule has 0 radical (unpaired) electrons. The number of fused-ring (bicyclic) bond motifs is 1. The van der Waals surface area contributed by atoms with Gasteiger partial charge in [0.25, 0.3) is 0 Å². The van der Waals surface area contributed by atoms with Crippen molar-refractivity contribution in [3.63, 3.8) is 0 Å². The van der Waals surface area contributed by atoms with E-state index in [1.165, 1.54) is 6.08 Å². The minimum atomic E-state index is -1.48. The Morgan fingerprint density at radius 3 is 2.68 bits per heavy atom. The fourth-order valence-electron chi connectivity index (χ4n) is 5.34. The number of hydrogen-bond acceptors (Lipinski definition) is 5. The van der Waals surface area contributed by atoms with Crippen molar-refractivity contribution in [2.24, 2.45) is 17.8 Å². The Hall–Kier alpha value is -2.05. The van der Waals surface area contributed by atoms with Gasteiger partial charge in [0.05, 0.1) is 18.8 Å². The molecule has 5 nitrogen and oxygen atoms in total. The summed E-state index contributed by atoms with van der Waals surface area (Å²) in [5, 5.41) is 0. The van der Waals surface area contributed by atoms with E-state index in [2.05, 4.69) is 0 Å². The van der Waals surface area contributed by atoms with Gasteiger partial charge in [-0.25, -0.2) is 9.18 Å². The van der Waals surface area contributed by atoms with Crippen molar-refractivity contribution >= 4 is 11.8 Å². The lowest BCUT2D eigenvalue weighted by Crippen LogP contribution is -2.31. The predicted molar refractivity (Wildman–Crippen MR) is 113 cm³/mol. The van der Waals surface area contributed by atoms with Crippen molar-refractivity contribution < 1.29 is 28.2 Å². The van der Waals surface area contributed by atoms with Gasteiger partial charge in [0.15, 0.2) is 17.7 Å². The van der Waals surface area contributed by atoms with E-state index in [0.29, 0.717) is 38.0 Å². The van der Waals surface area contributed by atoms with E-state index in [-0.39, 0.29) is 36.2 Å². The monoisotopic (exact) mass is 430 g/mol. The first-order valence-corrected chi connectivity index (χ1v) is 11.4. The molecule has 0 aromatic heterocycles. The second kappa shape index (κ2) is 9.61. The standard InChI is InChI=1S/C25H31FO5/c1-2-3-9-21(26)22(27)11-10-19-20-16-25(29-12-13-30-25)15-18(20)14-23(19)31-24(28)17-7-5-4-6-8-17/h4-8,10-11,18-21,23H,2-3,9,12-16H2,1H3/t18-,19-,20+,21?,23-/m1/s1. The summed E-state index contributed by atoms with van der Waals surface area (Å²) in [6.07, 6.45) is 5.23. The van der Waals surface area contributed by atoms with Crippen LogP contribution >= 0.6 is 0 Å². The lowest BCUT2D eigenvalue weighted by atomic mass is 9.90. The zero-order valence-electron chi connectivity index (χ0n) is 18.0. The molecule has 1 unspecified atom stereocenters. The summed E-state index contributed by atoms with van der Waals surface area (Å²) in [6, 6.07) is 8.89. The largest absolute Gasteiger partial charge is 0.458 e. The highest BCUT2D eigenvalue weighted by Gasteiger charge is 2.57. The first-order valence-electron chi connectivity index (χ1n) is 11.4. The van der Waals surface area contributed by atoms with Crippen LogP contribution < -0.4 is 0 Å². The number of rotatable bonds is 8. The Morgan fingerprint density at radius 2 is 1.97 bits per heavy atom. The fourth-order valence-corrected chi connectivity index (χ4v) is 5.34. The van der Waals surface area contributed by atoms with Crippen LogP contribution in [-0.2, 0) is 19.0 Å². The molecular formula is C25H31FO5. The molecule has 0 bridgehead atoms. The van der Waals surface area contributed by atoms with Crippen molar-refractivity contribution in [2.45, 2.75) is 63.5 Å². The van der Waals surface area contributed by atoms with Gasteiger partial charge in [0, 0.05) is 18.8 Å². The minimum absolute atomic E-state index is 0.160. The maximum atomic E-state index is 14.2. The zero-order valence-corrected chi connectivity index (χ0v) is 18.0. The number of alkyl halides is 1. The van der Waals surface area contributed by atoms with Crippen LogP contribution in [0.2, 0.25) is 0 Å². The molecule has 1 aromatic carbocycles. The Kier molecular flexibility index (Phi) is 6.87. The van der Waals surface area contributed by atoms with E-state index < -0.39 is 17.7 Å². The lowest BCUT2D eigenvalue weighted by molar-refractivity contribution is -0.157. The molecular weight excluding hydrogens is 399 g/mol. The highest BCUT2D eigenvalue weighted by atomic mass is 19.1. The van der Waals surface area contributed by atoms with Crippen LogP contribution in [0, 0.1) is 17.8 Å². The molecule has 1 heterocycles. The van der Waals surface area contributed by atoms with E-state index in [0.717, 1.165) is 12.8 Å². The van der Waals surface area contributed by atoms with Crippen LogP contribution in [0.1, 0.15) is 55.8 Å². The molecule has 1 aliphatic heterocycles. The molecule has 0 N–H and O–H groups in total. The third kappa shape index (κ3) is 4.90. The Bertz CT molecular complexity index is 801. The first-order chi connectivity index (χ1) is 15.0. The maximum absolute atomic E-state index is 14.2. The smallest absolute Gasteiger partial charge is 0.338 e. The molecule has 168 valence electrons. The van der Waals surface area contributed by atoms with Gasteiger partial charge in [-0.3, -0.25) is 4.79 Å². The third-order valence-electron chi connectivity index (χ3n) is 6.87. The van der Waals surface area contributed by atoms with Crippen molar-refractivity contribution in [3.8, 4) is 0 Å². The number of carbonyl (C=O) groups excluding carboxylic acids is 2. The number of ether oxygens (including phenoxy) is 3. The Morgan fingerprint density at radius 1 is 1.23 bits per heavy atom. The van der Waals surface area contributed by atoms with Crippen LogP contribution in [0.15, 0.2) is 42.5 Å². The average Bonchev–Trinajstić information content (AvgIpc) is 3.46. The lowest BCUT2D eigenvalue weighted by Gasteiger charge is -2.26. The van der Waals surface area contributed by atoms with E-state index >= 15 is 0 Å². The van der Waals surface area contributed by atoms with Gasteiger partial charge in [-0.1, -0.05) is 44.0 Å². The van der Waals surface area contributed by atoms with Crippen molar-refractivity contribution in [3.05, 3.63) is 48.0 Å². The molecule has 1 spiro atoms. The number of esters is 1. The van der Waals surface area contributed by atoms with Crippen LogP contribution in [0.3, 0.4) is 0 Å². The van der Waals surface area contributed by atoms with Gasteiger partial charge in [0.1, 0.15) is 6.10 Å². The van der Waals surface area contributed by atoms with E-state index in [1.54, 1.807) is 30.3 Å². The zero-order chi connectivity index (χ0) is 21.8. The van der Waals surface area contributed by atoms with Crippen LogP contribution in [0.25, 0.3) is 0 Å². The average molecular weight is 431 g/mol. The first kappa shape index (κ1) is 22.2. The summed E-state index contributed by atoms with van der Waals surface area (Å²) in [4.78, 5) is 24.9. The number of unbranched alkanes of at least 4 members (excludes halogenated alkanes) is 1. The topological polar surface area (TPSA) is 61.8 Å². The van der Waals surface area contributed by atoms with E-state index in [1.807, 2.05) is 13.0 Å². The van der Waals surface area contributed by atoms with Crippen LogP contribution in [0.5, 0.6) is 0 Å². The molecule has 2 aliphatic carbocycles. The fraction of sp³-hybridized carbons (Fsp3) is 0.600. The number of allylic oxidation sites excluding steroid dienone is 1. The molecule has 4 rings (SSSR count). The van der Waals surface area contributed by atoms with Gasteiger partial charge in [-0.2, -0.15) is 0 Å². The maximum Gasteiger partial charge on any atom is 0.338 e. The molecule has 31 heavy (non-hydrogen) atoms. The van der Waals surface area contributed by atoms with Gasteiger partial charge in [-0.15, -0.1) is 0 Å². The SMILES string of the molecule is CCCCC(F)C(=O)C=C[C@@H]1[C@H]2CC3(C[C@H]2C[C@H]1OC(=O)c1ccccc1)OCCO3. The molecule has 3 fully saturated rings. The van der Waals surface area contributed by atoms with Gasteiger partial charge < -0.3 is 14.2 Å². The van der Waals surface area contributed by atoms with Gasteiger partial charge in [0.2, 0.25) is 0 Å².